The number of halogens is 1. The number of anilines is 2. The van der Waals surface area contributed by atoms with E-state index in [0.29, 0.717) is 17.3 Å². The third kappa shape index (κ3) is 4.96. The van der Waals surface area contributed by atoms with E-state index < -0.39 is 5.25 Å². The van der Waals surface area contributed by atoms with Gasteiger partial charge in [-0.3, -0.25) is 9.59 Å². The van der Waals surface area contributed by atoms with Crippen molar-refractivity contribution in [3.05, 3.63) is 47.0 Å². The van der Waals surface area contributed by atoms with E-state index in [1.807, 2.05) is 38.1 Å². The first-order valence-corrected chi connectivity index (χ1v) is 10.0. The summed E-state index contributed by atoms with van der Waals surface area (Å²) >= 11 is 7.33. The maximum Gasteiger partial charge on any atom is 0.238 e. The summed E-state index contributed by atoms with van der Waals surface area (Å²) in [5.41, 5.74) is 2.32. The van der Waals surface area contributed by atoms with Crippen LogP contribution in [-0.2, 0) is 9.59 Å². The Morgan fingerprint density at radius 3 is 2.85 bits per heavy atom. The van der Waals surface area contributed by atoms with Gasteiger partial charge in [0.2, 0.25) is 11.8 Å². The van der Waals surface area contributed by atoms with Crippen LogP contribution in [-0.4, -0.2) is 23.7 Å². The fourth-order valence-corrected chi connectivity index (χ4v) is 3.98. The number of amides is 2. The Kier molecular flexibility index (Phi) is 6.29. The highest BCUT2D eigenvalue weighted by atomic mass is 35.5. The van der Waals surface area contributed by atoms with Gasteiger partial charge in [-0.05, 0) is 55.3 Å². The molecule has 5 nitrogen and oxygen atoms in total. The van der Waals surface area contributed by atoms with Gasteiger partial charge >= 0.3 is 0 Å². The van der Waals surface area contributed by atoms with Gasteiger partial charge in [0, 0.05) is 22.0 Å². The van der Waals surface area contributed by atoms with E-state index in [2.05, 4.69) is 10.6 Å². The third-order valence-electron chi connectivity index (χ3n) is 4.08. The van der Waals surface area contributed by atoms with Crippen LogP contribution in [0.15, 0.2) is 41.3 Å². The van der Waals surface area contributed by atoms with Crippen molar-refractivity contribution in [3.63, 3.8) is 0 Å². The average molecular weight is 405 g/mol. The second kappa shape index (κ2) is 8.67. The number of ether oxygens (including phenoxy) is 1. The minimum absolute atomic E-state index is 0.0894. The van der Waals surface area contributed by atoms with E-state index in [-0.39, 0.29) is 18.2 Å². The largest absolute Gasteiger partial charge is 0.494 e. The molecule has 1 heterocycles. The van der Waals surface area contributed by atoms with Gasteiger partial charge in [0.05, 0.1) is 17.5 Å². The Balaban J connectivity index is 1.62. The van der Waals surface area contributed by atoms with Crippen LogP contribution in [0.2, 0.25) is 5.02 Å². The lowest BCUT2D eigenvalue weighted by Crippen LogP contribution is -2.32. The second-order valence-electron chi connectivity index (χ2n) is 6.31. The number of carbonyl (C=O) groups is 2. The van der Waals surface area contributed by atoms with Crippen LogP contribution in [0.1, 0.15) is 25.3 Å². The van der Waals surface area contributed by atoms with Gasteiger partial charge < -0.3 is 15.4 Å². The predicted molar refractivity (Wildman–Crippen MR) is 110 cm³/mol. The van der Waals surface area contributed by atoms with Gasteiger partial charge in [0.25, 0.3) is 0 Å². The van der Waals surface area contributed by atoms with Crippen molar-refractivity contribution in [2.24, 2.45) is 0 Å². The van der Waals surface area contributed by atoms with Crippen molar-refractivity contribution in [1.29, 1.82) is 0 Å². The van der Waals surface area contributed by atoms with Crippen molar-refractivity contribution in [1.82, 2.24) is 0 Å². The second-order valence-corrected chi connectivity index (χ2v) is 7.99. The molecule has 1 aliphatic heterocycles. The zero-order valence-electron chi connectivity index (χ0n) is 15.2. The summed E-state index contributed by atoms with van der Waals surface area (Å²) in [5.74, 6) is 0.389. The Labute approximate surface area is 167 Å². The van der Waals surface area contributed by atoms with E-state index >= 15 is 0 Å². The molecule has 0 radical (unpaired) electrons. The lowest BCUT2D eigenvalue weighted by Gasteiger charge is -2.24. The summed E-state index contributed by atoms with van der Waals surface area (Å²) in [5, 5.41) is 5.79. The van der Waals surface area contributed by atoms with Crippen molar-refractivity contribution in [3.8, 4) is 5.75 Å². The van der Waals surface area contributed by atoms with Crippen molar-refractivity contribution < 1.29 is 14.3 Å². The monoisotopic (exact) mass is 404 g/mol. The number of carbonyl (C=O) groups excluding carboxylic acids is 2. The molecule has 1 aliphatic rings. The van der Waals surface area contributed by atoms with Crippen LogP contribution >= 0.6 is 23.4 Å². The number of aryl methyl sites for hydroxylation is 1. The molecule has 2 amide bonds. The minimum atomic E-state index is -0.480. The molecule has 2 N–H and O–H groups in total. The quantitative estimate of drug-likeness (QED) is 0.720. The summed E-state index contributed by atoms with van der Waals surface area (Å²) in [6.07, 6.45) is 1.03. The molecule has 0 saturated carbocycles. The summed E-state index contributed by atoms with van der Waals surface area (Å²) in [7, 11) is 0. The molecular weight excluding hydrogens is 384 g/mol. The van der Waals surface area contributed by atoms with Gasteiger partial charge in [-0.25, -0.2) is 0 Å². The number of rotatable bonds is 6. The molecule has 0 fully saturated rings. The van der Waals surface area contributed by atoms with Crippen LogP contribution in [0.25, 0.3) is 0 Å². The first-order valence-electron chi connectivity index (χ1n) is 8.76. The molecule has 7 heteroatoms. The van der Waals surface area contributed by atoms with E-state index in [0.717, 1.165) is 28.3 Å². The molecule has 2 aromatic rings. The SMILES string of the molecule is CCCOc1ccc(NC(=O)CC2Sc3ccc(Cl)cc3NC2=O)c(C)c1. The lowest BCUT2D eigenvalue weighted by atomic mass is 10.1. The van der Waals surface area contributed by atoms with Gasteiger partial charge in [-0.2, -0.15) is 0 Å². The van der Waals surface area contributed by atoms with Gasteiger partial charge in [0.15, 0.2) is 0 Å². The molecule has 0 aliphatic carbocycles. The Hall–Kier alpha value is -2.18. The topological polar surface area (TPSA) is 67.4 Å². The standard InChI is InChI=1S/C20H21ClN2O3S/c1-3-8-26-14-5-6-15(12(2)9-14)22-19(24)11-18-20(25)23-16-10-13(21)4-7-17(16)27-18/h4-7,9-10,18H,3,8,11H2,1-2H3,(H,22,24)(H,23,25). The minimum Gasteiger partial charge on any atom is -0.494 e. The van der Waals surface area contributed by atoms with Crippen molar-refractivity contribution in [2.45, 2.75) is 36.8 Å². The number of hydrogen-bond acceptors (Lipinski definition) is 4. The number of nitrogens with one attached hydrogen (secondary N) is 2. The zero-order chi connectivity index (χ0) is 19.4. The van der Waals surface area contributed by atoms with Gasteiger partial charge in [0.1, 0.15) is 5.75 Å². The van der Waals surface area contributed by atoms with Gasteiger partial charge in [-0.15, -0.1) is 11.8 Å². The highest BCUT2D eigenvalue weighted by molar-refractivity contribution is 8.01. The molecule has 0 spiro atoms. The average Bonchev–Trinajstić information content (AvgIpc) is 2.63. The van der Waals surface area contributed by atoms with Gasteiger partial charge in [-0.1, -0.05) is 18.5 Å². The molecule has 1 unspecified atom stereocenters. The van der Waals surface area contributed by atoms with E-state index in [4.69, 9.17) is 16.3 Å². The van der Waals surface area contributed by atoms with Crippen LogP contribution in [0.5, 0.6) is 5.75 Å². The molecular formula is C20H21ClN2O3S. The van der Waals surface area contributed by atoms with Crippen molar-refractivity contribution in [2.75, 3.05) is 17.2 Å². The molecule has 27 heavy (non-hydrogen) atoms. The van der Waals surface area contributed by atoms with E-state index in [1.165, 1.54) is 11.8 Å². The van der Waals surface area contributed by atoms with Crippen LogP contribution < -0.4 is 15.4 Å². The molecule has 0 aromatic heterocycles. The summed E-state index contributed by atoms with van der Waals surface area (Å²) < 4.78 is 5.59. The molecule has 142 valence electrons. The summed E-state index contributed by atoms with van der Waals surface area (Å²) in [6, 6.07) is 10.9. The lowest BCUT2D eigenvalue weighted by molar-refractivity contribution is -0.120. The predicted octanol–water partition coefficient (Wildman–Crippen LogP) is 4.88. The summed E-state index contributed by atoms with van der Waals surface area (Å²) in [4.78, 5) is 25.6. The smallest absolute Gasteiger partial charge is 0.238 e. The Morgan fingerprint density at radius 1 is 1.30 bits per heavy atom. The number of thioether (sulfide) groups is 1. The molecule has 0 saturated heterocycles. The molecule has 3 rings (SSSR count). The molecule has 1 atom stereocenters. The third-order valence-corrected chi connectivity index (χ3v) is 5.59. The highest BCUT2D eigenvalue weighted by Crippen LogP contribution is 2.38. The fourth-order valence-electron chi connectivity index (χ4n) is 2.71. The number of benzene rings is 2. The Bertz CT molecular complexity index is 872. The maximum atomic E-state index is 12.4. The number of fused-ring (bicyclic) bond motifs is 1. The fraction of sp³-hybridized carbons (Fsp3) is 0.300. The van der Waals surface area contributed by atoms with Crippen LogP contribution in [0.4, 0.5) is 11.4 Å². The van der Waals surface area contributed by atoms with Crippen molar-refractivity contribution >= 4 is 46.6 Å². The highest BCUT2D eigenvalue weighted by Gasteiger charge is 2.29. The first-order chi connectivity index (χ1) is 13.0. The van der Waals surface area contributed by atoms with Crippen LogP contribution in [0.3, 0.4) is 0 Å². The maximum absolute atomic E-state index is 12.4. The number of hydrogen-bond donors (Lipinski definition) is 2. The summed E-state index contributed by atoms with van der Waals surface area (Å²) in [6.45, 7) is 4.62. The van der Waals surface area contributed by atoms with E-state index in [9.17, 15) is 9.59 Å². The molecule has 2 aromatic carbocycles. The Morgan fingerprint density at radius 2 is 2.11 bits per heavy atom. The molecule has 0 bridgehead atoms. The normalized spacial score (nSPS) is 15.7. The first kappa shape index (κ1) is 19.6. The van der Waals surface area contributed by atoms with E-state index in [1.54, 1.807) is 12.1 Å². The zero-order valence-corrected chi connectivity index (χ0v) is 16.7. The van der Waals surface area contributed by atoms with Crippen LogP contribution in [0, 0.1) is 6.92 Å².